The first-order chi connectivity index (χ1) is 9.82. The molecule has 1 unspecified atom stereocenters. The molecule has 1 aromatic rings. The maximum Gasteiger partial charge on any atom is 0.391 e. The van der Waals surface area contributed by atoms with Crippen LogP contribution in [0, 0.1) is 11.8 Å². The molecule has 0 spiro atoms. The number of rotatable bonds is 3. The Morgan fingerprint density at radius 1 is 1.10 bits per heavy atom. The molecule has 1 aliphatic rings. The van der Waals surface area contributed by atoms with Crippen LogP contribution in [0.5, 0.6) is 0 Å². The third-order valence-electron chi connectivity index (χ3n) is 4.32. The minimum absolute atomic E-state index is 0.00829. The summed E-state index contributed by atoms with van der Waals surface area (Å²) in [5.41, 5.74) is 0.974. The Hall–Kier alpha value is -0.450. The quantitative estimate of drug-likeness (QED) is 0.753. The molecule has 1 atom stereocenters. The predicted octanol–water partition coefficient (Wildman–Crippen LogP) is 5.62. The zero-order chi connectivity index (χ0) is 15.6. The Morgan fingerprint density at radius 2 is 1.71 bits per heavy atom. The molecule has 1 nitrogen and oxygen atoms in total. The molecule has 0 amide bonds. The van der Waals surface area contributed by atoms with Crippen LogP contribution in [0.1, 0.15) is 37.3 Å². The minimum atomic E-state index is -4.07. The molecule has 0 heterocycles. The summed E-state index contributed by atoms with van der Waals surface area (Å²) in [6.07, 6.45) is -2.53. The molecule has 1 aromatic carbocycles. The second kappa shape index (κ2) is 6.76. The van der Waals surface area contributed by atoms with Gasteiger partial charge in [0.05, 0.1) is 16.0 Å². The van der Waals surface area contributed by atoms with E-state index < -0.39 is 12.1 Å². The molecule has 0 saturated heterocycles. The van der Waals surface area contributed by atoms with Crippen molar-refractivity contribution in [1.29, 1.82) is 0 Å². The standard InChI is InChI=1S/C15H18Cl2F3N/c1-21-14(10-4-7-12(16)13(17)8-10)9-2-5-11(6-3-9)15(18,19)20/h4,7-9,11,14,21H,2-3,5-6H2,1H3. The Kier molecular flexibility index (Phi) is 5.44. The molecule has 0 aliphatic heterocycles. The number of alkyl halides is 3. The monoisotopic (exact) mass is 339 g/mol. The fourth-order valence-electron chi connectivity index (χ4n) is 3.16. The van der Waals surface area contributed by atoms with Gasteiger partial charge in [0.25, 0.3) is 0 Å². The lowest BCUT2D eigenvalue weighted by molar-refractivity contribution is -0.184. The molecule has 1 aliphatic carbocycles. The van der Waals surface area contributed by atoms with E-state index >= 15 is 0 Å². The zero-order valence-corrected chi connectivity index (χ0v) is 13.2. The molecule has 6 heteroatoms. The van der Waals surface area contributed by atoms with Crippen molar-refractivity contribution in [2.24, 2.45) is 11.8 Å². The summed E-state index contributed by atoms with van der Waals surface area (Å²) in [5.74, 6) is -0.967. The molecule has 0 radical (unpaired) electrons. The summed E-state index contributed by atoms with van der Waals surface area (Å²) in [5, 5.41) is 4.16. The van der Waals surface area contributed by atoms with Crippen LogP contribution in [-0.2, 0) is 0 Å². The fraction of sp³-hybridized carbons (Fsp3) is 0.600. The van der Waals surface area contributed by atoms with E-state index in [1.807, 2.05) is 13.1 Å². The first-order valence-corrected chi connectivity index (χ1v) is 7.77. The lowest BCUT2D eigenvalue weighted by atomic mass is 9.76. The van der Waals surface area contributed by atoms with Crippen LogP contribution >= 0.6 is 23.2 Å². The third-order valence-corrected chi connectivity index (χ3v) is 5.06. The Bertz CT molecular complexity index is 482. The predicted molar refractivity (Wildman–Crippen MR) is 79.8 cm³/mol. The van der Waals surface area contributed by atoms with Crippen LogP contribution in [-0.4, -0.2) is 13.2 Å². The molecule has 2 rings (SSSR count). The molecule has 1 N–H and O–H groups in total. The molecule has 118 valence electrons. The van der Waals surface area contributed by atoms with Gasteiger partial charge in [-0.25, -0.2) is 0 Å². The van der Waals surface area contributed by atoms with E-state index in [9.17, 15) is 13.2 Å². The van der Waals surface area contributed by atoms with E-state index in [2.05, 4.69) is 5.32 Å². The van der Waals surface area contributed by atoms with E-state index in [1.54, 1.807) is 12.1 Å². The van der Waals surface area contributed by atoms with Crippen molar-refractivity contribution < 1.29 is 13.2 Å². The average molecular weight is 340 g/mol. The summed E-state index contributed by atoms with van der Waals surface area (Å²) in [6, 6.07) is 5.41. The number of benzene rings is 1. The molecule has 1 fully saturated rings. The maximum absolute atomic E-state index is 12.7. The molecular weight excluding hydrogens is 322 g/mol. The van der Waals surface area contributed by atoms with Crippen LogP contribution in [0.25, 0.3) is 0 Å². The molecule has 0 aromatic heterocycles. The summed E-state index contributed by atoms with van der Waals surface area (Å²) >= 11 is 11.9. The number of hydrogen-bond acceptors (Lipinski definition) is 1. The molecular formula is C15H18Cl2F3N. The SMILES string of the molecule is CNC(c1ccc(Cl)c(Cl)c1)C1CCC(C(F)(F)F)CC1. The van der Waals surface area contributed by atoms with Gasteiger partial charge in [-0.3, -0.25) is 0 Å². The van der Waals surface area contributed by atoms with Gasteiger partial charge >= 0.3 is 6.18 Å². The second-order valence-corrected chi connectivity index (χ2v) is 6.41. The van der Waals surface area contributed by atoms with Crippen LogP contribution < -0.4 is 5.32 Å². The van der Waals surface area contributed by atoms with E-state index in [4.69, 9.17) is 23.2 Å². The maximum atomic E-state index is 12.7. The number of nitrogens with one attached hydrogen (secondary N) is 1. The van der Waals surface area contributed by atoms with Crippen molar-refractivity contribution >= 4 is 23.2 Å². The van der Waals surface area contributed by atoms with Crippen molar-refractivity contribution in [3.8, 4) is 0 Å². The van der Waals surface area contributed by atoms with Gasteiger partial charge < -0.3 is 5.32 Å². The summed E-state index contributed by atoms with van der Waals surface area (Å²) in [6.45, 7) is 0. The normalized spacial score (nSPS) is 24.9. The highest BCUT2D eigenvalue weighted by atomic mass is 35.5. The third kappa shape index (κ3) is 4.05. The van der Waals surface area contributed by atoms with Crippen molar-refractivity contribution in [3.63, 3.8) is 0 Å². The van der Waals surface area contributed by atoms with E-state index in [0.29, 0.717) is 22.9 Å². The summed E-state index contributed by atoms with van der Waals surface area (Å²) in [4.78, 5) is 0. The van der Waals surface area contributed by atoms with Crippen LogP contribution in [0.4, 0.5) is 13.2 Å². The van der Waals surface area contributed by atoms with Gasteiger partial charge in [-0.05, 0) is 56.3 Å². The highest BCUT2D eigenvalue weighted by molar-refractivity contribution is 6.42. The highest BCUT2D eigenvalue weighted by Crippen LogP contribution is 2.43. The second-order valence-electron chi connectivity index (χ2n) is 5.59. The Balaban J connectivity index is 2.07. The Labute approximate surface area is 132 Å². The van der Waals surface area contributed by atoms with E-state index in [-0.39, 0.29) is 24.8 Å². The molecule has 21 heavy (non-hydrogen) atoms. The lowest BCUT2D eigenvalue weighted by Crippen LogP contribution is -2.33. The van der Waals surface area contributed by atoms with Crippen LogP contribution in [0.3, 0.4) is 0 Å². The van der Waals surface area contributed by atoms with Gasteiger partial charge in [-0.1, -0.05) is 29.3 Å². The number of hydrogen-bond donors (Lipinski definition) is 1. The van der Waals surface area contributed by atoms with Gasteiger partial charge in [0, 0.05) is 6.04 Å². The van der Waals surface area contributed by atoms with Gasteiger partial charge in [0.2, 0.25) is 0 Å². The first kappa shape index (κ1) is 16.9. The smallest absolute Gasteiger partial charge is 0.313 e. The van der Waals surface area contributed by atoms with Gasteiger partial charge in [0.15, 0.2) is 0 Å². The van der Waals surface area contributed by atoms with Crippen molar-refractivity contribution in [2.75, 3.05) is 7.05 Å². The van der Waals surface area contributed by atoms with Crippen molar-refractivity contribution in [1.82, 2.24) is 5.32 Å². The van der Waals surface area contributed by atoms with Crippen LogP contribution in [0.2, 0.25) is 10.0 Å². The Morgan fingerprint density at radius 3 is 2.19 bits per heavy atom. The molecule has 0 bridgehead atoms. The van der Waals surface area contributed by atoms with Gasteiger partial charge in [-0.15, -0.1) is 0 Å². The molecule has 1 saturated carbocycles. The minimum Gasteiger partial charge on any atom is -0.313 e. The van der Waals surface area contributed by atoms with Crippen molar-refractivity contribution in [2.45, 2.75) is 37.9 Å². The van der Waals surface area contributed by atoms with Crippen LogP contribution in [0.15, 0.2) is 18.2 Å². The topological polar surface area (TPSA) is 12.0 Å². The number of halogens is 5. The zero-order valence-electron chi connectivity index (χ0n) is 11.7. The van der Waals surface area contributed by atoms with E-state index in [0.717, 1.165) is 5.56 Å². The van der Waals surface area contributed by atoms with E-state index in [1.165, 1.54) is 0 Å². The highest BCUT2D eigenvalue weighted by Gasteiger charge is 2.42. The van der Waals surface area contributed by atoms with Crippen molar-refractivity contribution in [3.05, 3.63) is 33.8 Å². The first-order valence-electron chi connectivity index (χ1n) is 7.02. The lowest BCUT2D eigenvalue weighted by Gasteiger charge is -2.34. The van der Waals surface area contributed by atoms with Gasteiger partial charge in [0.1, 0.15) is 0 Å². The summed E-state index contributed by atoms with van der Waals surface area (Å²) in [7, 11) is 1.82. The largest absolute Gasteiger partial charge is 0.391 e. The summed E-state index contributed by atoms with van der Waals surface area (Å²) < 4.78 is 38.2. The van der Waals surface area contributed by atoms with Gasteiger partial charge in [-0.2, -0.15) is 13.2 Å². The average Bonchev–Trinajstić information content (AvgIpc) is 2.43. The fourth-order valence-corrected chi connectivity index (χ4v) is 3.47.